The fraction of sp³-hybridized carbons (Fsp3) is 0.538. The monoisotopic (exact) mass is 439 g/mol. The molecule has 174 valence electrons. The van der Waals surface area contributed by atoms with E-state index in [0.29, 0.717) is 19.5 Å². The number of unbranched alkanes of at least 4 members (excludes halogenated alkanes) is 1. The van der Waals surface area contributed by atoms with Gasteiger partial charge in [0.2, 0.25) is 5.91 Å². The van der Waals surface area contributed by atoms with Gasteiger partial charge in [0.05, 0.1) is 6.04 Å². The molecule has 0 spiro atoms. The SMILES string of the molecule is O=C(O)NCCCCC(NCc1ccc2ccccc2c1)C(=O)NCCC1CCCCC1. The van der Waals surface area contributed by atoms with Crippen molar-refractivity contribution in [1.29, 1.82) is 0 Å². The lowest BCUT2D eigenvalue weighted by molar-refractivity contribution is -0.123. The molecule has 1 unspecified atom stereocenters. The van der Waals surface area contributed by atoms with Gasteiger partial charge in [0.15, 0.2) is 0 Å². The van der Waals surface area contributed by atoms with Crippen LogP contribution in [0.15, 0.2) is 42.5 Å². The highest BCUT2D eigenvalue weighted by molar-refractivity contribution is 5.83. The summed E-state index contributed by atoms with van der Waals surface area (Å²) in [5.74, 6) is 0.794. The summed E-state index contributed by atoms with van der Waals surface area (Å²) in [5, 5.41) is 20.1. The van der Waals surface area contributed by atoms with Crippen molar-refractivity contribution < 1.29 is 14.7 Å². The van der Waals surface area contributed by atoms with Gasteiger partial charge in [0.25, 0.3) is 0 Å². The topological polar surface area (TPSA) is 90.5 Å². The van der Waals surface area contributed by atoms with E-state index in [9.17, 15) is 9.59 Å². The van der Waals surface area contributed by atoms with E-state index in [0.717, 1.165) is 37.3 Å². The van der Waals surface area contributed by atoms with Crippen LogP contribution in [0.1, 0.15) is 63.4 Å². The lowest BCUT2D eigenvalue weighted by Crippen LogP contribution is -2.44. The zero-order chi connectivity index (χ0) is 22.6. The molecular formula is C26H37N3O3. The molecular weight excluding hydrogens is 402 g/mol. The Morgan fingerprint density at radius 2 is 1.72 bits per heavy atom. The van der Waals surface area contributed by atoms with Crippen LogP contribution in [0.4, 0.5) is 4.79 Å². The number of hydrogen-bond donors (Lipinski definition) is 4. The molecule has 3 rings (SSSR count). The predicted molar refractivity (Wildman–Crippen MR) is 129 cm³/mol. The lowest BCUT2D eigenvalue weighted by Gasteiger charge is -2.23. The summed E-state index contributed by atoms with van der Waals surface area (Å²) in [4.78, 5) is 23.5. The molecule has 2 aromatic rings. The summed E-state index contributed by atoms with van der Waals surface area (Å²) < 4.78 is 0. The Morgan fingerprint density at radius 1 is 0.938 bits per heavy atom. The van der Waals surface area contributed by atoms with Gasteiger partial charge in [0.1, 0.15) is 0 Å². The third-order valence-electron chi connectivity index (χ3n) is 6.46. The molecule has 32 heavy (non-hydrogen) atoms. The van der Waals surface area contributed by atoms with Gasteiger partial charge in [-0.05, 0) is 54.0 Å². The minimum Gasteiger partial charge on any atom is -0.465 e. The van der Waals surface area contributed by atoms with E-state index in [1.54, 1.807) is 0 Å². The largest absolute Gasteiger partial charge is 0.465 e. The zero-order valence-corrected chi connectivity index (χ0v) is 18.9. The molecule has 6 nitrogen and oxygen atoms in total. The minimum absolute atomic E-state index is 0.0489. The highest BCUT2D eigenvalue weighted by atomic mass is 16.4. The Labute approximate surface area is 191 Å². The summed E-state index contributed by atoms with van der Waals surface area (Å²) in [6.45, 7) is 1.77. The van der Waals surface area contributed by atoms with Crippen LogP contribution in [0, 0.1) is 5.92 Å². The van der Waals surface area contributed by atoms with Crippen molar-refractivity contribution in [2.45, 2.75) is 70.4 Å². The summed E-state index contributed by atoms with van der Waals surface area (Å²) >= 11 is 0. The molecule has 6 heteroatoms. The Kier molecular flexibility index (Phi) is 9.82. The standard InChI is InChI=1S/C26H37N3O3/c30-25(27-17-15-20-8-2-1-3-9-20)24(12-6-7-16-28-26(31)32)29-19-21-13-14-22-10-4-5-11-23(22)18-21/h4-5,10-11,13-14,18,20,24,28-29H,1-3,6-9,12,15-17,19H2,(H,27,30)(H,31,32). The number of hydrogen-bond acceptors (Lipinski definition) is 3. The van der Waals surface area contributed by atoms with E-state index < -0.39 is 6.09 Å². The van der Waals surface area contributed by atoms with Crippen LogP contribution in [0.3, 0.4) is 0 Å². The molecule has 0 aliphatic heterocycles. The van der Waals surface area contributed by atoms with E-state index in [1.165, 1.54) is 42.9 Å². The van der Waals surface area contributed by atoms with E-state index >= 15 is 0 Å². The van der Waals surface area contributed by atoms with E-state index in [4.69, 9.17) is 5.11 Å². The minimum atomic E-state index is -1.00. The molecule has 1 aliphatic carbocycles. The normalized spacial score (nSPS) is 15.4. The van der Waals surface area contributed by atoms with Crippen LogP contribution in [0.2, 0.25) is 0 Å². The third kappa shape index (κ3) is 8.15. The lowest BCUT2D eigenvalue weighted by atomic mass is 9.87. The van der Waals surface area contributed by atoms with E-state index in [2.05, 4.69) is 46.3 Å². The van der Waals surface area contributed by atoms with Crippen LogP contribution in [0.25, 0.3) is 10.8 Å². The predicted octanol–water partition coefficient (Wildman–Crippen LogP) is 4.82. The van der Waals surface area contributed by atoms with Crippen LogP contribution in [0.5, 0.6) is 0 Å². The van der Waals surface area contributed by atoms with Crippen LogP contribution in [-0.2, 0) is 11.3 Å². The molecule has 0 aromatic heterocycles. The second kappa shape index (κ2) is 13.1. The molecule has 4 N–H and O–H groups in total. The number of benzene rings is 2. The van der Waals surface area contributed by atoms with Gasteiger partial charge >= 0.3 is 6.09 Å². The maximum Gasteiger partial charge on any atom is 0.404 e. The first-order valence-electron chi connectivity index (χ1n) is 12.1. The van der Waals surface area contributed by atoms with Crippen molar-refractivity contribution in [3.05, 3.63) is 48.0 Å². The highest BCUT2D eigenvalue weighted by Gasteiger charge is 2.19. The van der Waals surface area contributed by atoms with E-state index in [-0.39, 0.29) is 11.9 Å². The molecule has 0 heterocycles. The molecule has 1 atom stereocenters. The number of carboxylic acid groups (broad SMARTS) is 1. The van der Waals surface area contributed by atoms with Crippen molar-refractivity contribution in [2.75, 3.05) is 13.1 Å². The molecule has 0 saturated heterocycles. The van der Waals surface area contributed by atoms with Crippen molar-refractivity contribution in [3.63, 3.8) is 0 Å². The van der Waals surface area contributed by atoms with Gasteiger partial charge in [-0.1, -0.05) is 68.5 Å². The Bertz CT molecular complexity index is 864. The number of nitrogens with one attached hydrogen (secondary N) is 3. The fourth-order valence-corrected chi connectivity index (χ4v) is 4.58. The zero-order valence-electron chi connectivity index (χ0n) is 18.9. The summed E-state index contributed by atoms with van der Waals surface area (Å²) in [5.41, 5.74) is 1.15. The summed E-state index contributed by atoms with van der Waals surface area (Å²) in [6.07, 6.45) is 8.80. The van der Waals surface area contributed by atoms with Gasteiger partial charge in [-0.2, -0.15) is 0 Å². The number of rotatable bonds is 12. The van der Waals surface area contributed by atoms with Gasteiger partial charge in [0, 0.05) is 19.6 Å². The molecule has 1 aliphatic rings. The molecule has 1 saturated carbocycles. The van der Waals surface area contributed by atoms with Crippen LogP contribution >= 0.6 is 0 Å². The molecule has 0 bridgehead atoms. The van der Waals surface area contributed by atoms with Gasteiger partial charge in [-0.25, -0.2) is 4.79 Å². The first-order valence-corrected chi connectivity index (χ1v) is 12.1. The third-order valence-corrected chi connectivity index (χ3v) is 6.46. The summed E-state index contributed by atoms with van der Waals surface area (Å²) in [7, 11) is 0. The fourth-order valence-electron chi connectivity index (χ4n) is 4.58. The Hall–Kier alpha value is -2.60. The van der Waals surface area contributed by atoms with Crippen LogP contribution < -0.4 is 16.0 Å². The van der Waals surface area contributed by atoms with E-state index in [1.807, 2.05) is 12.1 Å². The maximum atomic E-state index is 12.9. The highest BCUT2D eigenvalue weighted by Crippen LogP contribution is 2.25. The molecule has 2 amide bonds. The second-order valence-corrected chi connectivity index (χ2v) is 8.93. The van der Waals surface area contributed by atoms with Crippen molar-refractivity contribution in [2.24, 2.45) is 5.92 Å². The Morgan fingerprint density at radius 3 is 2.50 bits per heavy atom. The molecule has 0 radical (unpaired) electrons. The first-order chi connectivity index (χ1) is 15.6. The number of carbonyl (C=O) groups excluding carboxylic acids is 1. The van der Waals surface area contributed by atoms with Gasteiger partial charge < -0.3 is 21.1 Å². The number of fused-ring (bicyclic) bond motifs is 1. The Balaban J connectivity index is 1.50. The molecule has 2 aromatic carbocycles. The number of amides is 2. The van der Waals surface area contributed by atoms with Crippen molar-refractivity contribution in [3.8, 4) is 0 Å². The second-order valence-electron chi connectivity index (χ2n) is 8.93. The quantitative estimate of drug-likeness (QED) is 0.357. The van der Waals surface area contributed by atoms with Crippen molar-refractivity contribution >= 4 is 22.8 Å². The van der Waals surface area contributed by atoms with Gasteiger partial charge in [-0.15, -0.1) is 0 Å². The average Bonchev–Trinajstić information content (AvgIpc) is 2.81. The number of carbonyl (C=O) groups is 2. The average molecular weight is 440 g/mol. The maximum absolute atomic E-state index is 12.9. The summed E-state index contributed by atoms with van der Waals surface area (Å²) in [6, 6.07) is 14.4. The molecule has 1 fully saturated rings. The first kappa shape index (κ1) is 24.1. The smallest absolute Gasteiger partial charge is 0.404 e. The van der Waals surface area contributed by atoms with Crippen molar-refractivity contribution in [1.82, 2.24) is 16.0 Å². The van der Waals surface area contributed by atoms with Gasteiger partial charge in [-0.3, -0.25) is 4.79 Å². The van der Waals surface area contributed by atoms with Crippen LogP contribution in [-0.4, -0.2) is 36.2 Å².